The number of nitrogens with zero attached hydrogens (tertiary/aromatic N) is 4. The summed E-state index contributed by atoms with van der Waals surface area (Å²) in [5.74, 6) is 3.48. The maximum atomic E-state index is 13.5. The van der Waals surface area contributed by atoms with Crippen LogP contribution in [0, 0.1) is 48.5 Å². The van der Waals surface area contributed by atoms with Crippen LogP contribution in [0.5, 0.6) is 5.88 Å². The van der Waals surface area contributed by atoms with E-state index in [-0.39, 0.29) is 16.7 Å². The van der Waals surface area contributed by atoms with Crippen molar-refractivity contribution in [1.82, 2.24) is 19.5 Å². The van der Waals surface area contributed by atoms with E-state index in [1.807, 2.05) is 0 Å². The summed E-state index contributed by atoms with van der Waals surface area (Å²) in [6, 6.07) is 6.52. The van der Waals surface area contributed by atoms with Gasteiger partial charge in [0, 0.05) is 24.2 Å². The molecule has 1 aliphatic rings. The van der Waals surface area contributed by atoms with Crippen LogP contribution in [-0.4, -0.2) is 38.7 Å². The Hall–Kier alpha value is -3.79. The van der Waals surface area contributed by atoms with E-state index in [1.165, 1.54) is 16.9 Å². The van der Waals surface area contributed by atoms with E-state index in [4.69, 9.17) is 16.3 Å². The van der Waals surface area contributed by atoms with Gasteiger partial charge in [-0.25, -0.2) is 19.1 Å². The fourth-order valence-electron chi connectivity index (χ4n) is 7.73. The first-order valence-corrected chi connectivity index (χ1v) is 17.3. The van der Waals surface area contributed by atoms with Crippen LogP contribution in [0.3, 0.4) is 0 Å². The predicted octanol–water partition coefficient (Wildman–Crippen LogP) is 10.6. The Bertz CT molecular complexity index is 1630. The highest BCUT2D eigenvalue weighted by atomic mass is 16.6. The predicted molar refractivity (Wildman–Crippen MR) is 194 cm³/mol. The van der Waals surface area contributed by atoms with Gasteiger partial charge in [0.15, 0.2) is 5.82 Å². The quantitative estimate of drug-likeness (QED) is 0.177. The van der Waals surface area contributed by atoms with Crippen molar-refractivity contribution in [3.63, 3.8) is 0 Å². The number of H-pyrrole nitrogens is 1. The largest absolute Gasteiger partial charge is 0.416 e. The second-order valence-electron chi connectivity index (χ2n) is 16.5. The van der Waals surface area contributed by atoms with Crippen LogP contribution in [0.15, 0.2) is 43.5 Å². The van der Waals surface area contributed by atoms with Crippen LogP contribution in [0.25, 0.3) is 21.9 Å². The maximum absolute atomic E-state index is 13.5. The van der Waals surface area contributed by atoms with E-state index >= 15 is 0 Å². The molecule has 7 heteroatoms. The second kappa shape index (κ2) is 14.1. The summed E-state index contributed by atoms with van der Waals surface area (Å²) in [5, 5.41) is 3.45. The number of hydrogen-bond acceptors (Lipinski definition) is 3. The molecule has 2 heterocycles. The molecule has 4 rings (SSSR count). The lowest BCUT2D eigenvalue weighted by Crippen LogP contribution is -2.40. The van der Waals surface area contributed by atoms with Crippen molar-refractivity contribution in [1.29, 1.82) is 0 Å². The fraction of sp³-hybridized carbons (Fsp3) is 0.575. The third-order valence-electron chi connectivity index (χ3n) is 9.89. The molecule has 47 heavy (non-hydrogen) atoms. The molecule has 3 aromatic rings. The van der Waals surface area contributed by atoms with Crippen LogP contribution in [0.4, 0.5) is 10.5 Å². The number of fused-ring (bicyclic) bond motifs is 1. The van der Waals surface area contributed by atoms with Gasteiger partial charge in [-0.15, -0.1) is 13.2 Å². The van der Waals surface area contributed by atoms with Gasteiger partial charge in [-0.3, -0.25) is 5.10 Å². The van der Waals surface area contributed by atoms with E-state index in [9.17, 15) is 4.79 Å². The van der Waals surface area contributed by atoms with Gasteiger partial charge in [-0.1, -0.05) is 86.1 Å². The van der Waals surface area contributed by atoms with Crippen molar-refractivity contribution in [2.75, 3.05) is 13.1 Å². The van der Waals surface area contributed by atoms with E-state index in [0.717, 1.165) is 29.5 Å². The van der Waals surface area contributed by atoms with E-state index in [1.54, 1.807) is 16.7 Å². The molecule has 1 saturated carbocycles. The fourth-order valence-corrected chi connectivity index (χ4v) is 7.73. The van der Waals surface area contributed by atoms with Crippen molar-refractivity contribution >= 4 is 17.4 Å². The first-order chi connectivity index (χ1) is 22.0. The Morgan fingerprint density at radius 2 is 1.81 bits per heavy atom. The standard InChI is InChI=1S/C40H57N5O2/c1-14-16-44(17-15-2)38(46)47-37-34(41-13)32(24-31-28(18-25(3)4)19-27(6)22-33(31)40(10,11)12)36-42-35(43-45(36)37)29-20-26(5)21-30(23-29)39(7,8)9/h14-15,20-21,23,25,27-28,31,33H,1-2,16-19,22,24H2,3-12H3,(H,42,43). The monoisotopic (exact) mass is 639 g/mol. The Kier molecular flexibility index (Phi) is 10.8. The third-order valence-corrected chi connectivity index (χ3v) is 9.89. The van der Waals surface area contributed by atoms with Gasteiger partial charge >= 0.3 is 6.09 Å². The zero-order valence-electron chi connectivity index (χ0n) is 30.5. The molecule has 0 aliphatic heterocycles. The number of aromatic amines is 1. The van der Waals surface area contributed by atoms with Crippen LogP contribution >= 0.6 is 0 Å². The van der Waals surface area contributed by atoms with Crippen LogP contribution < -0.4 is 4.74 Å². The highest BCUT2D eigenvalue weighted by Gasteiger charge is 2.43. The number of aromatic nitrogens is 3. The number of amides is 1. The van der Waals surface area contributed by atoms with Crippen LogP contribution in [-0.2, 0) is 11.8 Å². The van der Waals surface area contributed by atoms with Gasteiger partial charge in [0.1, 0.15) is 5.65 Å². The molecule has 1 N–H and O–H groups in total. The SMILES string of the molecule is [C-]#[N+]c1c(CC2C(CC(C)C)CC(C)CC2C(C)(C)C)c2nc(-c3cc(C)cc(C(C)(C)C)c3)[nH]n2c1OC(=O)N(CC=C)CC=C. The summed E-state index contributed by atoms with van der Waals surface area (Å²) < 4.78 is 7.84. The first kappa shape index (κ1) is 36.1. The van der Waals surface area contributed by atoms with Crippen LogP contribution in [0.2, 0.25) is 0 Å². The zero-order valence-corrected chi connectivity index (χ0v) is 30.5. The van der Waals surface area contributed by atoms with Crippen molar-refractivity contribution < 1.29 is 9.53 Å². The van der Waals surface area contributed by atoms with E-state index in [0.29, 0.717) is 66.3 Å². The first-order valence-electron chi connectivity index (χ1n) is 17.3. The van der Waals surface area contributed by atoms with E-state index in [2.05, 4.69) is 111 Å². The molecule has 0 saturated heterocycles. The summed E-state index contributed by atoms with van der Waals surface area (Å²) in [6.07, 6.45) is 6.96. The average Bonchev–Trinajstić information content (AvgIpc) is 3.50. The van der Waals surface area contributed by atoms with Gasteiger partial charge in [-0.2, -0.15) is 0 Å². The number of ether oxygens (including phenoxy) is 1. The van der Waals surface area contributed by atoms with Gasteiger partial charge < -0.3 is 9.64 Å². The molecule has 7 nitrogen and oxygen atoms in total. The lowest BCUT2D eigenvalue weighted by molar-refractivity contribution is 0.0259. The molecule has 0 bridgehead atoms. The summed E-state index contributed by atoms with van der Waals surface area (Å²) in [5.41, 5.74) is 5.26. The minimum atomic E-state index is -0.556. The number of aryl methyl sites for hydroxylation is 1. The molecule has 1 amide bonds. The molecule has 0 radical (unpaired) electrons. The van der Waals surface area contributed by atoms with Crippen molar-refractivity contribution in [2.24, 2.45) is 35.0 Å². The van der Waals surface area contributed by atoms with Gasteiger partial charge in [0.05, 0.1) is 6.57 Å². The Morgan fingerprint density at radius 3 is 2.36 bits per heavy atom. The molecule has 2 aromatic heterocycles. The van der Waals surface area contributed by atoms with Crippen LogP contribution in [0.1, 0.15) is 98.3 Å². The normalized spacial score (nSPS) is 20.3. The molecular weight excluding hydrogens is 582 g/mol. The minimum Gasteiger partial charge on any atom is -0.402 e. The Labute approximate surface area is 283 Å². The van der Waals surface area contributed by atoms with E-state index < -0.39 is 6.09 Å². The maximum Gasteiger partial charge on any atom is 0.416 e. The van der Waals surface area contributed by atoms with Gasteiger partial charge in [0.25, 0.3) is 5.69 Å². The zero-order chi connectivity index (χ0) is 34.8. The van der Waals surface area contributed by atoms with Gasteiger partial charge in [-0.05, 0) is 90.7 Å². The number of rotatable bonds is 10. The smallest absolute Gasteiger partial charge is 0.402 e. The van der Waals surface area contributed by atoms with Crippen molar-refractivity contribution in [3.8, 4) is 17.3 Å². The lowest BCUT2D eigenvalue weighted by atomic mass is 9.57. The average molecular weight is 640 g/mol. The summed E-state index contributed by atoms with van der Waals surface area (Å²) in [7, 11) is 0. The van der Waals surface area contributed by atoms with Crippen molar-refractivity contribution in [2.45, 2.75) is 100 Å². The van der Waals surface area contributed by atoms with Gasteiger partial charge in [0.2, 0.25) is 5.88 Å². The molecule has 4 atom stereocenters. The molecule has 0 spiro atoms. The number of nitrogens with one attached hydrogen (secondary N) is 1. The minimum absolute atomic E-state index is 0.0380. The second-order valence-corrected chi connectivity index (χ2v) is 16.5. The highest BCUT2D eigenvalue weighted by Crippen LogP contribution is 2.51. The van der Waals surface area contributed by atoms with Crippen molar-refractivity contribution in [3.05, 3.63) is 71.6 Å². The molecule has 1 fully saturated rings. The summed E-state index contributed by atoms with van der Waals surface area (Å²) in [6.45, 7) is 39.4. The number of benzene rings is 1. The molecule has 4 unspecified atom stereocenters. The molecule has 1 aromatic carbocycles. The summed E-state index contributed by atoms with van der Waals surface area (Å²) in [4.78, 5) is 24.3. The number of hydrogen-bond donors (Lipinski definition) is 1. The Morgan fingerprint density at radius 1 is 1.15 bits per heavy atom. The third kappa shape index (κ3) is 8.03. The summed E-state index contributed by atoms with van der Waals surface area (Å²) >= 11 is 0. The number of carbonyl (C=O) groups is 1. The number of carbonyl (C=O) groups excluding carboxylic acids is 1. The Balaban J connectivity index is 1.94. The molecule has 254 valence electrons. The molecule has 1 aliphatic carbocycles. The molecular formula is C40H57N5O2. The lowest BCUT2D eigenvalue weighted by Gasteiger charge is -2.48. The topological polar surface area (TPSA) is 67.0 Å². The highest BCUT2D eigenvalue weighted by molar-refractivity contribution is 5.80.